The summed E-state index contributed by atoms with van der Waals surface area (Å²) in [5.74, 6) is -0.288. The SMILES string of the molecule is CC(C)[C@@H](CNC(=O)/C=C/c1ccccc1)NCC(N)=O. The highest BCUT2D eigenvalue weighted by molar-refractivity contribution is 5.91. The van der Waals surface area contributed by atoms with E-state index in [1.807, 2.05) is 44.2 Å². The van der Waals surface area contributed by atoms with Gasteiger partial charge in [0.15, 0.2) is 0 Å². The fraction of sp³-hybridized carbons (Fsp3) is 0.375. The minimum Gasteiger partial charge on any atom is -0.369 e. The highest BCUT2D eigenvalue weighted by Gasteiger charge is 2.13. The molecular weight excluding hydrogens is 266 g/mol. The molecule has 0 aliphatic rings. The Hall–Kier alpha value is -2.14. The highest BCUT2D eigenvalue weighted by atomic mass is 16.1. The van der Waals surface area contributed by atoms with E-state index >= 15 is 0 Å². The normalized spacial score (nSPS) is 12.5. The molecule has 2 amide bonds. The summed E-state index contributed by atoms with van der Waals surface area (Å²) in [4.78, 5) is 22.5. The standard InChI is InChI=1S/C16H23N3O2/c1-12(2)14(18-11-15(17)20)10-19-16(21)9-8-13-6-4-3-5-7-13/h3-9,12,14,18H,10-11H2,1-2H3,(H2,17,20)(H,19,21)/b9-8+/t14-/m1/s1. The molecule has 1 aromatic rings. The zero-order chi connectivity index (χ0) is 15.7. The van der Waals surface area contributed by atoms with E-state index in [0.29, 0.717) is 6.54 Å². The molecule has 0 saturated heterocycles. The third-order valence-electron chi connectivity index (χ3n) is 3.07. The van der Waals surface area contributed by atoms with Crippen molar-refractivity contribution in [2.45, 2.75) is 19.9 Å². The van der Waals surface area contributed by atoms with Gasteiger partial charge in [0.05, 0.1) is 6.54 Å². The zero-order valence-corrected chi connectivity index (χ0v) is 12.5. The van der Waals surface area contributed by atoms with E-state index in [0.717, 1.165) is 5.56 Å². The van der Waals surface area contributed by atoms with Gasteiger partial charge in [0, 0.05) is 18.7 Å². The molecule has 0 unspecified atom stereocenters. The van der Waals surface area contributed by atoms with E-state index in [2.05, 4.69) is 10.6 Å². The Bertz CT molecular complexity index is 484. The molecule has 0 aliphatic heterocycles. The molecule has 5 heteroatoms. The molecule has 1 aromatic carbocycles. The van der Waals surface area contributed by atoms with Gasteiger partial charge in [0.1, 0.15) is 0 Å². The maximum Gasteiger partial charge on any atom is 0.244 e. The number of hydrogen-bond acceptors (Lipinski definition) is 3. The summed E-state index contributed by atoms with van der Waals surface area (Å²) in [6, 6.07) is 9.62. The second-order valence-corrected chi connectivity index (χ2v) is 5.19. The fourth-order valence-corrected chi connectivity index (χ4v) is 1.78. The molecule has 0 saturated carbocycles. The summed E-state index contributed by atoms with van der Waals surface area (Å²) >= 11 is 0. The molecule has 5 nitrogen and oxygen atoms in total. The van der Waals surface area contributed by atoms with Crippen LogP contribution in [0.1, 0.15) is 19.4 Å². The Morgan fingerprint density at radius 2 is 1.90 bits per heavy atom. The molecule has 4 N–H and O–H groups in total. The molecule has 0 radical (unpaired) electrons. The Morgan fingerprint density at radius 1 is 1.24 bits per heavy atom. The van der Waals surface area contributed by atoms with Crippen LogP contribution in [0, 0.1) is 5.92 Å². The summed E-state index contributed by atoms with van der Waals surface area (Å²) in [5, 5.41) is 5.85. The maximum absolute atomic E-state index is 11.8. The molecule has 0 bridgehead atoms. The number of nitrogens with two attached hydrogens (primary N) is 1. The summed E-state index contributed by atoms with van der Waals surface area (Å²) in [5.41, 5.74) is 6.08. The van der Waals surface area contributed by atoms with Gasteiger partial charge in [0.25, 0.3) is 0 Å². The lowest BCUT2D eigenvalue weighted by atomic mass is 10.0. The first-order valence-corrected chi connectivity index (χ1v) is 7.01. The van der Waals surface area contributed by atoms with E-state index in [9.17, 15) is 9.59 Å². The Kier molecular flexibility index (Phi) is 7.18. The molecule has 0 spiro atoms. The number of amides is 2. The number of benzene rings is 1. The summed E-state index contributed by atoms with van der Waals surface area (Å²) in [6.45, 7) is 4.59. The number of hydrogen-bond donors (Lipinski definition) is 3. The van der Waals surface area contributed by atoms with Crippen LogP contribution < -0.4 is 16.4 Å². The first kappa shape index (κ1) is 16.9. The van der Waals surface area contributed by atoms with Gasteiger partial charge in [-0.2, -0.15) is 0 Å². The van der Waals surface area contributed by atoms with Gasteiger partial charge in [-0.1, -0.05) is 44.2 Å². The number of carbonyl (C=O) groups is 2. The molecular formula is C16H23N3O2. The van der Waals surface area contributed by atoms with Gasteiger partial charge >= 0.3 is 0 Å². The van der Waals surface area contributed by atoms with Crippen LogP contribution in [0.25, 0.3) is 6.08 Å². The monoisotopic (exact) mass is 289 g/mol. The molecule has 0 heterocycles. The van der Waals surface area contributed by atoms with Gasteiger partial charge in [-0.25, -0.2) is 0 Å². The fourth-order valence-electron chi connectivity index (χ4n) is 1.78. The number of nitrogens with one attached hydrogen (secondary N) is 2. The van der Waals surface area contributed by atoms with E-state index in [1.54, 1.807) is 6.08 Å². The van der Waals surface area contributed by atoms with Crippen molar-refractivity contribution in [2.75, 3.05) is 13.1 Å². The van der Waals surface area contributed by atoms with Crippen molar-refractivity contribution in [1.29, 1.82) is 0 Å². The van der Waals surface area contributed by atoms with Crippen molar-refractivity contribution in [3.63, 3.8) is 0 Å². The molecule has 114 valence electrons. The van der Waals surface area contributed by atoms with Crippen molar-refractivity contribution in [2.24, 2.45) is 11.7 Å². The summed E-state index contributed by atoms with van der Waals surface area (Å²) in [6.07, 6.45) is 3.26. The minimum absolute atomic E-state index is 0.00609. The van der Waals surface area contributed by atoms with Crippen LogP contribution >= 0.6 is 0 Å². The predicted octanol–water partition coefficient (Wildman–Crippen LogP) is 0.915. The average Bonchev–Trinajstić information content (AvgIpc) is 2.45. The number of primary amides is 1. The van der Waals surface area contributed by atoms with Gasteiger partial charge in [-0.15, -0.1) is 0 Å². The summed E-state index contributed by atoms with van der Waals surface area (Å²) in [7, 11) is 0. The topological polar surface area (TPSA) is 84.2 Å². The molecule has 0 fully saturated rings. The van der Waals surface area contributed by atoms with Crippen molar-refractivity contribution in [3.8, 4) is 0 Å². The molecule has 1 atom stereocenters. The molecule has 0 aliphatic carbocycles. The van der Waals surface area contributed by atoms with Crippen molar-refractivity contribution >= 4 is 17.9 Å². The highest BCUT2D eigenvalue weighted by Crippen LogP contribution is 2.02. The third kappa shape index (κ3) is 7.27. The first-order chi connectivity index (χ1) is 9.99. The van der Waals surface area contributed by atoms with Crippen LogP contribution in [0.5, 0.6) is 0 Å². The van der Waals surface area contributed by atoms with Crippen LogP contribution in [-0.2, 0) is 9.59 Å². The van der Waals surface area contributed by atoms with Gasteiger partial charge < -0.3 is 16.4 Å². The quantitative estimate of drug-likeness (QED) is 0.622. The Balaban J connectivity index is 2.42. The zero-order valence-electron chi connectivity index (χ0n) is 12.5. The van der Waals surface area contributed by atoms with Gasteiger partial charge in [-0.3, -0.25) is 9.59 Å². The Labute approximate surface area is 125 Å². The number of carbonyl (C=O) groups excluding carboxylic acids is 2. The second-order valence-electron chi connectivity index (χ2n) is 5.19. The first-order valence-electron chi connectivity index (χ1n) is 7.01. The molecule has 0 aromatic heterocycles. The minimum atomic E-state index is -0.407. The largest absolute Gasteiger partial charge is 0.369 e. The maximum atomic E-state index is 11.8. The van der Waals surface area contributed by atoms with Gasteiger partial charge in [-0.05, 0) is 17.6 Å². The summed E-state index contributed by atoms with van der Waals surface area (Å²) < 4.78 is 0. The van der Waals surface area contributed by atoms with Crippen molar-refractivity contribution in [1.82, 2.24) is 10.6 Å². The number of rotatable bonds is 8. The third-order valence-corrected chi connectivity index (χ3v) is 3.07. The van der Waals surface area contributed by atoms with Crippen molar-refractivity contribution in [3.05, 3.63) is 42.0 Å². The van der Waals surface area contributed by atoms with E-state index in [1.165, 1.54) is 6.08 Å². The predicted molar refractivity (Wildman–Crippen MR) is 84.3 cm³/mol. The van der Waals surface area contributed by atoms with Gasteiger partial charge in [0.2, 0.25) is 11.8 Å². The second kappa shape index (κ2) is 8.92. The van der Waals surface area contributed by atoms with E-state index in [4.69, 9.17) is 5.73 Å². The average molecular weight is 289 g/mol. The smallest absolute Gasteiger partial charge is 0.244 e. The molecule has 1 rings (SSSR count). The lowest BCUT2D eigenvalue weighted by Gasteiger charge is -2.21. The molecule has 21 heavy (non-hydrogen) atoms. The Morgan fingerprint density at radius 3 is 2.48 bits per heavy atom. The van der Waals surface area contributed by atoms with Crippen LogP contribution in [0.3, 0.4) is 0 Å². The van der Waals surface area contributed by atoms with E-state index < -0.39 is 5.91 Å². The van der Waals surface area contributed by atoms with Crippen LogP contribution in [-0.4, -0.2) is 30.9 Å². The van der Waals surface area contributed by atoms with Crippen LogP contribution in [0.4, 0.5) is 0 Å². The lowest BCUT2D eigenvalue weighted by molar-refractivity contribution is -0.117. The van der Waals surface area contributed by atoms with Crippen molar-refractivity contribution < 1.29 is 9.59 Å². The van der Waals surface area contributed by atoms with E-state index in [-0.39, 0.29) is 24.4 Å². The lowest BCUT2D eigenvalue weighted by Crippen LogP contribution is -2.46. The van der Waals surface area contributed by atoms with Crippen LogP contribution in [0.2, 0.25) is 0 Å². The van der Waals surface area contributed by atoms with Crippen LogP contribution in [0.15, 0.2) is 36.4 Å².